The van der Waals surface area contributed by atoms with Gasteiger partial charge in [-0.2, -0.15) is 0 Å². The van der Waals surface area contributed by atoms with E-state index >= 15 is 0 Å². The minimum absolute atomic E-state index is 0.156. The van der Waals surface area contributed by atoms with Crippen molar-refractivity contribution in [2.24, 2.45) is 5.41 Å². The maximum Gasteiger partial charge on any atom is 0.144 e. The summed E-state index contributed by atoms with van der Waals surface area (Å²) in [6, 6.07) is 4.06. The fourth-order valence-electron chi connectivity index (χ4n) is 2.40. The average molecular weight is 246 g/mol. The Bertz CT molecular complexity index is 405. The minimum Gasteiger partial charge on any atom is -0.317 e. The van der Waals surface area contributed by atoms with Gasteiger partial charge in [-0.3, -0.25) is 9.78 Å². The van der Waals surface area contributed by atoms with Crippen molar-refractivity contribution < 1.29 is 4.79 Å². The molecular weight excluding hydrogens is 224 g/mol. The monoisotopic (exact) mass is 246 g/mol. The zero-order chi connectivity index (χ0) is 13.0. The van der Waals surface area contributed by atoms with E-state index in [1.807, 2.05) is 12.3 Å². The summed E-state index contributed by atoms with van der Waals surface area (Å²) in [5.74, 6) is 0.334. The van der Waals surface area contributed by atoms with E-state index in [-0.39, 0.29) is 5.41 Å². The molecule has 1 aliphatic rings. The lowest BCUT2D eigenvalue weighted by Gasteiger charge is -2.32. The van der Waals surface area contributed by atoms with Gasteiger partial charge in [0.25, 0.3) is 0 Å². The zero-order valence-corrected chi connectivity index (χ0v) is 11.3. The maximum atomic E-state index is 12.4. The van der Waals surface area contributed by atoms with Gasteiger partial charge in [-0.25, -0.2) is 0 Å². The van der Waals surface area contributed by atoms with Gasteiger partial charge in [-0.05, 0) is 44.0 Å². The van der Waals surface area contributed by atoms with E-state index in [4.69, 9.17) is 0 Å². The van der Waals surface area contributed by atoms with Gasteiger partial charge in [0, 0.05) is 23.7 Å². The molecular formula is C15H22N2O. The summed E-state index contributed by atoms with van der Waals surface area (Å²) in [6.45, 7) is 6.10. The van der Waals surface area contributed by atoms with E-state index in [2.05, 4.69) is 30.2 Å². The third-order valence-electron chi connectivity index (χ3n) is 4.02. The third kappa shape index (κ3) is 2.96. The van der Waals surface area contributed by atoms with E-state index in [1.54, 1.807) is 0 Å². The minimum atomic E-state index is -0.156. The molecule has 0 aromatic carbocycles. The predicted molar refractivity (Wildman–Crippen MR) is 72.5 cm³/mol. The number of carbonyl (C=O) groups is 1. The molecule has 2 rings (SSSR count). The molecule has 1 N–H and O–H groups in total. The van der Waals surface area contributed by atoms with Crippen LogP contribution in [-0.2, 0) is 17.6 Å². The van der Waals surface area contributed by atoms with Crippen LogP contribution in [0.2, 0.25) is 0 Å². The molecule has 0 aliphatic carbocycles. The zero-order valence-electron chi connectivity index (χ0n) is 11.3. The maximum absolute atomic E-state index is 12.4. The Kier molecular flexibility index (Phi) is 4.12. The highest BCUT2D eigenvalue weighted by Gasteiger charge is 2.34. The Morgan fingerprint density at radius 1 is 1.39 bits per heavy atom. The number of aryl methyl sites for hydroxylation is 1. The average Bonchev–Trinajstić information content (AvgIpc) is 2.40. The fourth-order valence-corrected chi connectivity index (χ4v) is 2.40. The molecule has 2 heterocycles. The Labute approximate surface area is 109 Å². The molecule has 0 spiro atoms. The highest BCUT2D eigenvalue weighted by Crippen LogP contribution is 2.30. The van der Waals surface area contributed by atoms with Crippen molar-refractivity contribution in [1.29, 1.82) is 0 Å². The first-order chi connectivity index (χ1) is 8.64. The van der Waals surface area contributed by atoms with E-state index in [0.29, 0.717) is 12.2 Å². The highest BCUT2D eigenvalue weighted by molar-refractivity contribution is 5.86. The van der Waals surface area contributed by atoms with Gasteiger partial charge in [-0.1, -0.05) is 19.9 Å². The number of hydrogen-bond donors (Lipinski definition) is 1. The number of piperidine rings is 1. The first-order valence-corrected chi connectivity index (χ1v) is 6.82. The van der Waals surface area contributed by atoms with Gasteiger partial charge in [0.05, 0.1) is 0 Å². The van der Waals surface area contributed by atoms with Gasteiger partial charge < -0.3 is 5.32 Å². The van der Waals surface area contributed by atoms with Crippen LogP contribution < -0.4 is 5.32 Å². The van der Waals surface area contributed by atoms with E-state index < -0.39 is 0 Å². The largest absolute Gasteiger partial charge is 0.317 e. The Morgan fingerprint density at radius 3 is 2.67 bits per heavy atom. The normalized spacial score (nSPS) is 18.6. The van der Waals surface area contributed by atoms with Crippen molar-refractivity contribution in [2.45, 2.75) is 39.5 Å². The summed E-state index contributed by atoms with van der Waals surface area (Å²) in [6.07, 6.45) is 5.23. The second kappa shape index (κ2) is 5.61. The van der Waals surface area contributed by atoms with Crippen molar-refractivity contribution in [3.05, 3.63) is 29.6 Å². The van der Waals surface area contributed by atoms with Crippen molar-refractivity contribution in [1.82, 2.24) is 10.3 Å². The molecule has 3 nitrogen and oxygen atoms in total. The number of hydrogen-bond acceptors (Lipinski definition) is 3. The molecule has 0 amide bonds. The van der Waals surface area contributed by atoms with Crippen molar-refractivity contribution in [3.63, 3.8) is 0 Å². The summed E-state index contributed by atoms with van der Waals surface area (Å²) in [5.41, 5.74) is 1.97. The SMILES string of the molecule is CCc1ccc(CC(=O)C2(C)CCNCC2)nc1. The quantitative estimate of drug-likeness (QED) is 0.885. The second-order valence-corrected chi connectivity index (χ2v) is 5.42. The number of ketones is 1. The summed E-state index contributed by atoms with van der Waals surface area (Å²) >= 11 is 0. The molecule has 1 aromatic heterocycles. The molecule has 0 radical (unpaired) electrons. The number of nitrogens with zero attached hydrogens (tertiary/aromatic N) is 1. The number of pyridine rings is 1. The van der Waals surface area contributed by atoms with Crippen LogP contribution in [0.3, 0.4) is 0 Å². The second-order valence-electron chi connectivity index (χ2n) is 5.42. The Balaban J connectivity index is 2.01. The number of carbonyl (C=O) groups excluding carboxylic acids is 1. The molecule has 3 heteroatoms. The Hall–Kier alpha value is -1.22. The van der Waals surface area contributed by atoms with Crippen LogP contribution in [-0.4, -0.2) is 23.9 Å². The van der Waals surface area contributed by atoms with Crippen molar-refractivity contribution in [2.75, 3.05) is 13.1 Å². The molecule has 1 aliphatic heterocycles. The van der Waals surface area contributed by atoms with Gasteiger partial charge in [0.15, 0.2) is 0 Å². The summed E-state index contributed by atoms with van der Waals surface area (Å²) in [5, 5.41) is 3.31. The molecule has 18 heavy (non-hydrogen) atoms. The number of rotatable bonds is 4. The summed E-state index contributed by atoms with van der Waals surface area (Å²) in [7, 11) is 0. The fraction of sp³-hybridized carbons (Fsp3) is 0.600. The van der Waals surface area contributed by atoms with Crippen LogP contribution in [0.15, 0.2) is 18.3 Å². The van der Waals surface area contributed by atoms with Crippen molar-refractivity contribution in [3.8, 4) is 0 Å². The number of nitrogens with one attached hydrogen (secondary N) is 1. The van der Waals surface area contributed by atoms with Gasteiger partial charge >= 0.3 is 0 Å². The first kappa shape index (κ1) is 13.2. The molecule has 0 bridgehead atoms. The topological polar surface area (TPSA) is 42.0 Å². The van der Waals surface area contributed by atoms with Crippen LogP contribution in [0.1, 0.15) is 37.9 Å². The lowest BCUT2D eigenvalue weighted by Crippen LogP contribution is -2.40. The van der Waals surface area contributed by atoms with Crippen LogP contribution in [0.25, 0.3) is 0 Å². The number of aromatic nitrogens is 1. The molecule has 1 saturated heterocycles. The van der Waals surface area contributed by atoms with Crippen LogP contribution in [0.4, 0.5) is 0 Å². The smallest absolute Gasteiger partial charge is 0.144 e. The van der Waals surface area contributed by atoms with E-state index in [0.717, 1.165) is 38.0 Å². The Morgan fingerprint density at radius 2 is 2.11 bits per heavy atom. The molecule has 98 valence electrons. The van der Waals surface area contributed by atoms with Crippen LogP contribution in [0.5, 0.6) is 0 Å². The summed E-state index contributed by atoms with van der Waals surface area (Å²) in [4.78, 5) is 16.8. The van der Waals surface area contributed by atoms with Crippen LogP contribution in [0, 0.1) is 5.41 Å². The molecule has 0 atom stereocenters. The predicted octanol–water partition coefficient (Wildman–Crippen LogP) is 2.15. The van der Waals surface area contributed by atoms with Crippen molar-refractivity contribution >= 4 is 5.78 Å². The lowest BCUT2D eigenvalue weighted by atomic mass is 9.76. The van der Waals surface area contributed by atoms with E-state index in [1.165, 1.54) is 5.56 Å². The standard InChI is InChI=1S/C15H22N2O/c1-3-12-4-5-13(17-11-12)10-14(18)15(2)6-8-16-9-7-15/h4-5,11,16H,3,6-10H2,1-2H3. The van der Waals surface area contributed by atoms with Crippen LogP contribution >= 0.6 is 0 Å². The van der Waals surface area contributed by atoms with Gasteiger partial charge in [0.2, 0.25) is 0 Å². The van der Waals surface area contributed by atoms with E-state index in [9.17, 15) is 4.79 Å². The molecule has 0 unspecified atom stereocenters. The highest BCUT2D eigenvalue weighted by atomic mass is 16.1. The lowest BCUT2D eigenvalue weighted by molar-refractivity contribution is -0.128. The number of Topliss-reactive ketones (excluding diaryl/α,β-unsaturated/α-hetero) is 1. The summed E-state index contributed by atoms with van der Waals surface area (Å²) < 4.78 is 0. The first-order valence-electron chi connectivity index (χ1n) is 6.82. The molecule has 1 fully saturated rings. The third-order valence-corrected chi connectivity index (χ3v) is 4.02. The molecule has 0 saturated carbocycles. The van der Waals surface area contributed by atoms with Gasteiger partial charge in [0.1, 0.15) is 5.78 Å². The van der Waals surface area contributed by atoms with Gasteiger partial charge in [-0.15, -0.1) is 0 Å². The molecule has 1 aromatic rings.